The highest BCUT2D eigenvalue weighted by Crippen LogP contribution is 2.26. The monoisotopic (exact) mass is 330 g/mol. The number of fused-ring (bicyclic) bond motifs is 1. The Hall–Kier alpha value is -1.65. The van der Waals surface area contributed by atoms with Crippen molar-refractivity contribution in [3.05, 3.63) is 64.1 Å². The van der Waals surface area contributed by atoms with Crippen molar-refractivity contribution in [2.45, 2.75) is 19.4 Å². The van der Waals surface area contributed by atoms with Gasteiger partial charge in [-0.15, -0.1) is 0 Å². The smallest absolute Gasteiger partial charge is 0.134 e. The summed E-state index contributed by atoms with van der Waals surface area (Å²) in [6.45, 7) is 2.07. The van der Waals surface area contributed by atoms with Crippen LogP contribution in [0.5, 0.6) is 0 Å². The van der Waals surface area contributed by atoms with Crippen molar-refractivity contribution in [2.75, 3.05) is 0 Å². The van der Waals surface area contributed by atoms with Gasteiger partial charge in [0.05, 0.1) is 6.04 Å². The molecule has 1 aromatic carbocycles. The number of furan rings is 1. The number of halogens is 1. The van der Waals surface area contributed by atoms with Gasteiger partial charge in [0.25, 0.3) is 0 Å². The van der Waals surface area contributed by atoms with Gasteiger partial charge in [0.2, 0.25) is 0 Å². The summed E-state index contributed by atoms with van der Waals surface area (Å²) in [5.41, 5.74) is 9.43. The van der Waals surface area contributed by atoms with E-state index in [0.717, 1.165) is 26.8 Å². The maximum absolute atomic E-state index is 6.24. The first-order valence-electron chi connectivity index (χ1n) is 6.47. The molecule has 2 aromatic heterocycles. The maximum Gasteiger partial charge on any atom is 0.134 e. The van der Waals surface area contributed by atoms with Crippen LogP contribution in [0.3, 0.4) is 0 Å². The first kappa shape index (κ1) is 13.3. The molecular weight excluding hydrogens is 316 g/mol. The summed E-state index contributed by atoms with van der Waals surface area (Å²) >= 11 is 3.42. The van der Waals surface area contributed by atoms with Gasteiger partial charge in [0.1, 0.15) is 11.3 Å². The normalized spacial score (nSPS) is 12.8. The van der Waals surface area contributed by atoms with Crippen molar-refractivity contribution in [2.24, 2.45) is 5.73 Å². The van der Waals surface area contributed by atoms with Crippen LogP contribution in [-0.4, -0.2) is 4.98 Å². The van der Waals surface area contributed by atoms with Gasteiger partial charge in [-0.05, 0) is 59.1 Å². The summed E-state index contributed by atoms with van der Waals surface area (Å²) in [6.07, 6.45) is 4.29. The third-order valence-corrected chi connectivity index (χ3v) is 3.71. The van der Waals surface area contributed by atoms with E-state index in [9.17, 15) is 0 Å². The number of aromatic nitrogens is 1. The average molecular weight is 331 g/mol. The number of nitrogens with two attached hydrogens (primary N) is 1. The Labute approximate surface area is 125 Å². The second-order valence-electron chi connectivity index (χ2n) is 5.01. The fraction of sp³-hybridized carbons (Fsp3) is 0.188. The van der Waals surface area contributed by atoms with Crippen molar-refractivity contribution in [1.82, 2.24) is 4.98 Å². The molecule has 3 aromatic rings. The van der Waals surface area contributed by atoms with E-state index in [4.69, 9.17) is 10.2 Å². The van der Waals surface area contributed by atoms with Gasteiger partial charge in [-0.2, -0.15) is 0 Å². The zero-order valence-corrected chi connectivity index (χ0v) is 12.7. The van der Waals surface area contributed by atoms with Crippen LogP contribution in [0, 0.1) is 6.92 Å². The summed E-state index contributed by atoms with van der Waals surface area (Å²) in [5.74, 6) is 0.811. The third-order valence-electron chi connectivity index (χ3n) is 3.27. The molecule has 0 radical (unpaired) electrons. The first-order chi connectivity index (χ1) is 9.61. The van der Waals surface area contributed by atoms with Crippen LogP contribution < -0.4 is 5.73 Å². The van der Waals surface area contributed by atoms with Gasteiger partial charge in [-0.1, -0.05) is 11.6 Å². The quantitative estimate of drug-likeness (QED) is 0.785. The summed E-state index contributed by atoms with van der Waals surface area (Å²) in [6, 6.07) is 10.0. The van der Waals surface area contributed by atoms with E-state index in [1.165, 1.54) is 5.56 Å². The van der Waals surface area contributed by atoms with Crippen LogP contribution in [0.15, 0.2) is 51.6 Å². The molecule has 0 aliphatic heterocycles. The number of rotatable bonds is 3. The summed E-state index contributed by atoms with van der Waals surface area (Å²) in [7, 11) is 0. The molecular formula is C16H15BrN2O. The Morgan fingerprint density at radius 1 is 1.25 bits per heavy atom. The third kappa shape index (κ3) is 2.76. The number of pyridine rings is 1. The molecule has 2 N–H and O–H groups in total. The second-order valence-corrected chi connectivity index (χ2v) is 5.93. The van der Waals surface area contributed by atoms with Gasteiger partial charge in [-0.3, -0.25) is 4.98 Å². The molecule has 0 fully saturated rings. The van der Waals surface area contributed by atoms with Crippen LogP contribution in [0.2, 0.25) is 0 Å². The Morgan fingerprint density at radius 2 is 2.10 bits per heavy atom. The minimum atomic E-state index is -0.168. The van der Waals surface area contributed by atoms with E-state index in [-0.39, 0.29) is 6.04 Å². The Bertz CT molecular complexity index is 751. The molecule has 4 heteroatoms. The fourth-order valence-corrected chi connectivity index (χ4v) is 2.70. The summed E-state index contributed by atoms with van der Waals surface area (Å²) < 4.78 is 6.79. The highest BCUT2D eigenvalue weighted by Gasteiger charge is 2.13. The lowest BCUT2D eigenvalue weighted by Gasteiger charge is -2.08. The number of hydrogen-bond donors (Lipinski definition) is 1. The van der Waals surface area contributed by atoms with Crippen LogP contribution in [0.1, 0.15) is 22.9 Å². The molecule has 0 aliphatic rings. The number of nitrogens with zero attached hydrogens (tertiary/aromatic N) is 1. The molecule has 0 saturated carbocycles. The lowest BCUT2D eigenvalue weighted by molar-refractivity contribution is 0.493. The molecule has 102 valence electrons. The van der Waals surface area contributed by atoms with Crippen LogP contribution in [0.25, 0.3) is 11.0 Å². The molecule has 1 atom stereocenters. The SMILES string of the molecule is Cc1ccc2oc(C(N)Cc3cncc(Br)c3)cc2c1. The lowest BCUT2D eigenvalue weighted by atomic mass is 10.1. The first-order valence-corrected chi connectivity index (χ1v) is 7.26. The van der Waals surface area contributed by atoms with Gasteiger partial charge in [0, 0.05) is 22.3 Å². The Balaban J connectivity index is 1.86. The highest BCUT2D eigenvalue weighted by atomic mass is 79.9. The lowest BCUT2D eigenvalue weighted by Crippen LogP contribution is -2.12. The van der Waals surface area contributed by atoms with E-state index in [1.807, 2.05) is 30.5 Å². The van der Waals surface area contributed by atoms with Crippen LogP contribution in [-0.2, 0) is 6.42 Å². The van der Waals surface area contributed by atoms with E-state index < -0.39 is 0 Å². The molecule has 0 spiro atoms. The minimum absolute atomic E-state index is 0.168. The highest BCUT2D eigenvalue weighted by molar-refractivity contribution is 9.10. The molecule has 0 bridgehead atoms. The Kier molecular flexibility index (Phi) is 3.59. The van der Waals surface area contributed by atoms with Gasteiger partial charge in [0.15, 0.2) is 0 Å². The Morgan fingerprint density at radius 3 is 2.90 bits per heavy atom. The van der Waals surface area contributed by atoms with E-state index in [2.05, 4.69) is 33.9 Å². The van der Waals surface area contributed by atoms with Crippen molar-refractivity contribution < 1.29 is 4.42 Å². The van der Waals surface area contributed by atoms with Gasteiger partial charge in [-0.25, -0.2) is 0 Å². The second kappa shape index (κ2) is 5.38. The molecule has 2 heterocycles. The molecule has 3 rings (SSSR count). The molecule has 0 aliphatic carbocycles. The number of aryl methyl sites for hydroxylation is 1. The number of benzene rings is 1. The zero-order chi connectivity index (χ0) is 14.1. The van der Waals surface area contributed by atoms with Crippen molar-refractivity contribution in [1.29, 1.82) is 0 Å². The van der Waals surface area contributed by atoms with E-state index >= 15 is 0 Å². The topological polar surface area (TPSA) is 52.0 Å². The van der Waals surface area contributed by atoms with Crippen molar-refractivity contribution in [3.63, 3.8) is 0 Å². The average Bonchev–Trinajstić information content (AvgIpc) is 2.81. The standard InChI is InChI=1S/C16H15BrN2O/c1-10-2-3-15-12(4-10)7-16(20-15)14(18)6-11-5-13(17)9-19-8-11/h2-5,7-9,14H,6,18H2,1H3. The van der Waals surface area contributed by atoms with Crippen molar-refractivity contribution >= 4 is 26.9 Å². The van der Waals surface area contributed by atoms with Crippen molar-refractivity contribution in [3.8, 4) is 0 Å². The van der Waals surface area contributed by atoms with Crippen LogP contribution >= 0.6 is 15.9 Å². The maximum atomic E-state index is 6.24. The van der Waals surface area contributed by atoms with Gasteiger partial charge < -0.3 is 10.2 Å². The van der Waals surface area contributed by atoms with E-state index in [0.29, 0.717) is 6.42 Å². The zero-order valence-electron chi connectivity index (χ0n) is 11.1. The van der Waals surface area contributed by atoms with E-state index in [1.54, 1.807) is 6.20 Å². The van der Waals surface area contributed by atoms with Crippen LogP contribution in [0.4, 0.5) is 0 Å². The fourth-order valence-electron chi connectivity index (χ4n) is 2.29. The molecule has 3 nitrogen and oxygen atoms in total. The molecule has 0 amide bonds. The largest absolute Gasteiger partial charge is 0.459 e. The molecule has 0 saturated heterocycles. The minimum Gasteiger partial charge on any atom is -0.459 e. The predicted molar refractivity (Wildman–Crippen MR) is 83.5 cm³/mol. The summed E-state index contributed by atoms with van der Waals surface area (Å²) in [5, 5.41) is 1.10. The summed E-state index contributed by atoms with van der Waals surface area (Å²) in [4.78, 5) is 4.15. The predicted octanol–water partition coefficient (Wildman–Crippen LogP) is 4.14. The number of hydrogen-bond acceptors (Lipinski definition) is 3. The van der Waals surface area contributed by atoms with Gasteiger partial charge >= 0.3 is 0 Å². The molecule has 1 unspecified atom stereocenters. The molecule has 20 heavy (non-hydrogen) atoms.